The van der Waals surface area contributed by atoms with E-state index in [0.717, 1.165) is 6.42 Å². The van der Waals surface area contributed by atoms with Crippen LogP contribution in [0.15, 0.2) is 72.3 Å². The molecule has 31 heavy (non-hydrogen) atoms. The zero-order valence-electron chi connectivity index (χ0n) is 21.2. The highest BCUT2D eigenvalue weighted by molar-refractivity contribution is 5.53. The first-order valence-corrected chi connectivity index (χ1v) is 11.9. The van der Waals surface area contributed by atoms with E-state index in [4.69, 9.17) is 0 Å². The van der Waals surface area contributed by atoms with E-state index in [9.17, 15) is 0 Å². The molecular formula is C31H42. The fourth-order valence-electron chi connectivity index (χ4n) is 4.64. The Kier molecular flexibility index (Phi) is 6.43. The quantitative estimate of drug-likeness (QED) is 0.468. The molecule has 0 heterocycles. The molecule has 1 aliphatic rings. The van der Waals surface area contributed by atoms with Gasteiger partial charge in [-0.2, -0.15) is 0 Å². The molecule has 0 heteroatoms. The number of benzene rings is 2. The Morgan fingerprint density at radius 1 is 0.710 bits per heavy atom. The minimum Gasteiger partial charge on any atom is -0.0803 e. The van der Waals surface area contributed by atoms with Crippen molar-refractivity contribution in [3.05, 3.63) is 94.6 Å². The highest BCUT2D eigenvalue weighted by Crippen LogP contribution is 2.44. The summed E-state index contributed by atoms with van der Waals surface area (Å²) in [6.07, 6.45) is 8.44. The maximum Gasteiger partial charge on any atom is 0.0420 e. The second-order valence-corrected chi connectivity index (χ2v) is 12.0. The summed E-state index contributed by atoms with van der Waals surface area (Å²) in [6.45, 7) is 20.8. The molecule has 2 unspecified atom stereocenters. The van der Waals surface area contributed by atoms with Crippen LogP contribution >= 0.6 is 0 Å². The van der Waals surface area contributed by atoms with Crippen LogP contribution in [0.4, 0.5) is 0 Å². The Bertz CT molecular complexity index is 937. The molecule has 3 rings (SSSR count). The number of allylic oxidation sites excluding steroid dienone is 4. The van der Waals surface area contributed by atoms with Gasteiger partial charge in [-0.25, -0.2) is 0 Å². The molecule has 0 spiro atoms. The zero-order valence-corrected chi connectivity index (χ0v) is 21.2. The lowest BCUT2D eigenvalue weighted by Gasteiger charge is -2.37. The third kappa shape index (κ3) is 4.89. The summed E-state index contributed by atoms with van der Waals surface area (Å²) < 4.78 is 0. The lowest BCUT2D eigenvalue weighted by molar-refractivity contribution is 0.292. The van der Waals surface area contributed by atoms with Gasteiger partial charge in [-0.05, 0) is 63.8 Å². The van der Waals surface area contributed by atoms with Crippen molar-refractivity contribution in [3.63, 3.8) is 0 Å². The summed E-state index contributed by atoms with van der Waals surface area (Å²) in [4.78, 5) is 0. The first-order chi connectivity index (χ1) is 14.3. The molecule has 1 aliphatic carbocycles. The summed E-state index contributed by atoms with van der Waals surface area (Å²) in [7, 11) is 0. The first-order valence-electron chi connectivity index (χ1n) is 11.9. The first kappa shape index (κ1) is 23.6. The molecular weight excluding hydrogens is 372 g/mol. The zero-order chi connectivity index (χ0) is 23.0. The summed E-state index contributed by atoms with van der Waals surface area (Å²) in [5.41, 5.74) is 7.22. The van der Waals surface area contributed by atoms with Crippen LogP contribution in [0.2, 0.25) is 0 Å². The Morgan fingerprint density at radius 2 is 1.19 bits per heavy atom. The highest BCUT2D eigenvalue weighted by Gasteiger charge is 2.34. The SMILES string of the molecule is CC(C)c1ccc(C(C)(C2=CCC(C(C)(C)C)C=C2)c2ccc(C(C)(C)C)cc2)cc1. The van der Waals surface area contributed by atoms with Gasteiger partial charge in [0.25, 0.3) is 0 Å². The van der Waals surface area contributed by atoms with Crippen molar-refractivity contribution in [3.8, 4) is 0 Å². The van der Waals surface area contributed by atoms with E-state index in [1.54, 1.807) is 0 Å². The van der Waals surface area contributed by atoms with E-state index in [2.05, 4.69) is 129 Å². The fourth-order valence-corrected chi connectivity index (χ4v) is 4.64. The Labute approximate surface area is 191 Å². The van der Waals surface area contributed by atoms with Gasteiger partial charge in [0.05, 0.1) is 0 Å². The van der Waals surface area contributed by atoms with Crippen molar-refractivity contribution >= 4 is 0 Å². The van der Waals surface area contributed by atoms with Crippen LogP contribution in [0.25, 0.3) is 0 Å². The molecule has 166 valence electrons. The van der Waals surface area contributed by atoms with Crippen LogP contribution in [-0.4, -0.2) is 0 Å². The van der Waals surface area contributed by atoms with Gasteiger partial charge >= 0.3 is 0 Å². The maximum atomic E-state index is 2.49. The monoisotopic (exact) mass is 414 g/mol. The largest absolute Gasteiger partial charge is 0.0803 e. The molecule has 0 bridgehead atoms. The number of hydrogen-bond acceptors (Lipinski definition) is 0. The van der Waals surface area contributed by atoms with E-state index < -0.39 is 0 Å². The minimum absolute atomic E-state index is 0.161. The van der Waals surface area contributed by atoms with E-state index in [1.807, 2.05) is 0 Å². The molecule has 0 N–H and O–H groups in total. The van der Waals surface area contributed by atoms with Gasteiger partial charge in [-0.1, -0.05) is 122 Å². The summed E-state index contributed by atoms with van der Waals surface area (Å²) in [5.74, 6) is 1.14. The maximum absolute atomic E-state index is 2.49. The number of rotatable bonds is 4. The third-order valence-electron chi connectivity index (χ3n) is 7.27. The van der Waals surface area contributed by atoms with Crippen LogP contribution in [0.3, 0.4) is 0 Å². The Balaban J connectivity index is 2.09. The normalized spacial score (nSPS) is 19.3. The van der Waals surface area contributed by atoms with Crippen LogP contribution in [0.1, 0.15) is 96.9 Å². The average Bonchev–Trinajstić information content (AvgIpc) is 2.72. The molecule has 2 aromatic rings. The number of hydrogen-bond donors (Lipinski definition) is 0. The van der Waals surface area contributed by atoms with E-state index >= 15 is 0 Å². The van der Waals surface area contributed by atoms with Gasteiger partial charge in [0.2, 0.25) is 0 Å². The second kappa shape index (κ2) is 8.45. The van der Waals surface area contributed by atoms with E-state index in [1.165, 1.54) is 27.8 Å². The van der Waals surface area contributed by atoms with Crippen molar-refractivity contribution < 1.29 is 0 Å². The lowest BCUT2D eigenvalue weighted by atomic mass is 9.66. The van der Waals surface area contributed by atoms with Gasteiger partial charge in [0.15, 0.2) is 0 Å². The molecule has 0 radical (unpaired) electrons. The van der Waals surface area contributed by atoms with Crippen molar-refractivity contribution in [2.75, 3.05) is 0 Å². The Morgan fingerprint density at radius 3 is 1.58 bits per heavy atom. The van der Waals surface area contributed by atoms with Crippen molar-refractivity contribution in [1.29, 1.82) is 0 Å². The molecule has 0 saturated carbocycles. The fraction of sp³-hybridized carbons (Fsp3) is 0.484. The van der Waals surface area contributed by atoms with Crippen molar-refractivity contribution in [1.82, 2.24) is 0 Å². The van der Waals surface area contributed by atoms with Gasteiger partial charge in [0.1, 0.15) is 0 Å². The van der Waals surface area contributed by atoms with Gasteiger partial charge in [0, 0.05) is 5.41 Å². The minimum atomic E-state index is -0.161. The molecule has 2 aromatic carbocycles. The summed E-state index contributed by atoms with van der Waals surface area (Å²) in [6, 6.07) is 18.7. The lowest BCUT2D eigenvalue weighted by Crippen LogP contribution is -2.28. The predicted molar refractivity (Wildman–Crippen MR) is 137 cm³/mol. The van der Waals surface area contributed by atoms with Crippen molar-refractivity contribution in [2.24, 2.45) is 11.3 Å². The van der Waals surface area contributed by atoms with Crippen LogP contribution < -0.4 is 0 Å². The Hall–Kier alpha value is -2.08. The van der Waals surface area contributed by atoms with E-state index in [-0.39, 0.29) is 10.8 Å². The standard InChI is InChI=1S/C31H42/c1-22(2)23-10-12-26(13-11-23)31(9,27-18-14-24(15-19-27)29(3,4)5)28-20-16-25(17-21-28)30(6,7)8/h10-16,18-22,25H,17H2,1-9H3. The van der Waals surface area contributed by atoms with Crippen LogP contribution in [0.5, 0.6) is 0 Å². The molecule has 2 atom stereocenters. The third-order valence-corrected chi connectivity index (χ3v) is 7.27. The molecule has 0 saturated heterocycles. The smallest absolute Gasteiger partial charge is 0.0420 e. The van der Waals surface area contributed by atoms with Gasteiger partial charge < -0.3 is 0 Å². The second-order valence-electron chi connectivity index (χ2n) is 12.0. The van der Waals surface area contributed by atoms with E-state index in [0.29, 0.717) is 17.3 Å². The highest BCUT2D eigenvalue weighted by atomic mass is 14.4. The summed E-state index contributed by atoms with van der Waals surface area (Å²) >= 11 is 0. The van der Waals surface area contributed by atoms with Crippen molar-refractivity contribution in [2.45, 2.75) is 85.5 Å². The van der Waals surface area contributed by atoms with Crippen LogP contribution in [0, 0.1) is 11.3 Å². The molecule has 0 nitrogen and oxygen atoms in total. The average molecular weight is 415 g/mol. The predicted octanol–water partition coefficient (Wildman–Crippen LogP) is 8.96. The summed E-state index contributed by atoms with van der Waals surface area (Å²) in [5, 5.41) is 0. The van der Waals surface area contributed by atoms with Gasteiger partial charge in [-0.15, -0.1) is 0 Å². The van der Waals surface area contributed by atoms with Crippen LogP contribution in [-0.2, 0) is 10.8 Å². The van der Waals surface area contributed by atoms with Gasteiger partial charge in [-0.3, -0.25) is 0 Å². The molecule has 0 amide bonds. The molecule has 0 fully saturated rings. The molecule has 0 aliphatic heterocycles. The topological polar surface area (TPSA) is 0 Å². The molecule has 0 aromatic heterocycles.